The summed E-state index contributed by atoms with van der Waals surface area (Å²) < 4.78 is 21.7. The topological polar surface area (TPSA) is 35.5 Å². The van der Waals surface area contributed by atoms with E-state index in [-0.39, 0.29) is 11.5 Å². The van der Waals surface area contributed by atoms with Gasteiger partial charge in [0.25, 0.3) is 0 Å². The Balaban J connectivity index is 2.30. The van der Waals surface area contributed by atoms with E-state index in [0.717, 1.165) is 5.56 Å². The third-order valence-corrected chi connectivity index (χ3v) is 3.59. The van der Waals surface area contributed by atoms with Gasteiger partial charge in [0.05, 0.1) is 0 Å². The molecule has 1 aliphatic rings. The summed E-state index contributed by atoms with van der Waals surface area (Å²) in [6.45, 7) is 4.47. The van der Waals surface area contributed by atoms with Crippen LogP contribution in [0.3, 0.4) is 0 Å². The number of benzene rings is 1. The van der Waals surface area contributed by atoms with E-state index in [4.69, 9.17) is 20.6 Å². The Labute approximate surface area is 101 Å². The van der Waals surface area contributed by atoms with Crippen molar-refractivity contribution in [2.75, 3.05) is 6.61 Å². The van der Waals surface area contributed by atoms with Crippen molar-refractivity contribution in [1.29, 1.82) is 0 Å². The molecule has 1 aliphatic heterocycles. The minimum atomic E-state index is -2.00. The second-order valence-corrected chi connectivity index (χ2v) is 5.88. The minimum Gasteiger partial charge on any atom is -0.118 e. The van der Waals surface area contributed by atoms with E-state index in [1.165, 1.54) is 0 Å². The fourth-order valence-corrected chi connectivity index (χ4v) is 2.91. The molecule has 1 saturated heterocycles. The average Bonchev–Trinajstić information content (AvgIpc) is 2.23. The maximum Gasteiger partial charge on any atom is 0.698 e. The van der Waals surface area contributed by atoms with E-state index in [1.54, 1.807) is 12.1 Å². The molecule has 0 radical (unpaired) electrons. The lowest BCUT2D eigenvalue weighted by molar-refractivity contribution is -0.0165. The monoisotopic (exact) mass is 259 g/mol. The summed E-state index contributed by atoms with van der Waals surface area (Å²) in [6.07, 6.45) is -0.220. The highest BCUT2D eigenvalue weighted by Crippen LogP contribution is 2.49. The van der Waals surface area contributed by atoms with Crippen LogP contribution in [-0.4, -0.2) is 6.61 Å². The zero-order valence-electron chi connectivity index (χ0n) is 9.14. The third-order valence-electron chi connectivity index (χ3n) is 2.62. The van der Waals surface area contributed by atoms with Crippen molar-refractivity contribution in [1.82, 2.24) is 0 Å². The second-order valence-electron chi connectivity index (χ2n) is 4.52. The van der Waals surface area contributed by atoms with Crippen LogP contribution in [0.5, 0.6) is 0 Å². The average molecular weight is 260 g/mol. The molecule has 0 N–H and O–H groups in total. The normalized spacial score (nSPS) is 26.7. The van der Waals surface area contributed by atoms with E-state index in [2.05, 4.69) is 0 Å². The quantitative estimate of drug-likeness (QED) is 0.712. The van der Waals surface area contributed by atoms with Gasteiger partial charge in [0.15, 0.2) is 0 Å². The number of hydrogen-bond acceptors (Lipinski definition) is 3. The van der Waals surface area contributed by atoms with Gasteiger partial charge in [-0.05, 0) is 17.7 Å². The molecule has 0 amide bonds. The molecule has 16 heavy (non-hydrogen) atoms. The molecule has 2 unspecified atom stereocenters. The molecular weight excluding hydrogens is 247 g/mol. The van der Waals surface area contributed by atoms with Gasteiger partial charge in [0, 0.05) is 15.0 Å². The zero-order valence-corrected chi connectivity index (χ0v) is 10.8. The van der Waals surface area contributed by atoms with Crippen LogP contribution in [0.25, 0.3) is 0 Å². The van der Waals surface area contributed by atoms with E-state index in [1.807, 2.05) is 26.0 Å². The van der Waals surface area contributed by atoms with Crippen LogP contribution >= 0.6 is 19.9 Å². The van der Waals surface area contributed by atoms with Crippen molar-refractivity contribution in [3.8, 4) is 0 Å². The Morgan fingerprint density at radius 1 is 1.38 bits per heavy atom. The van der Waals surface area contributed by atoms with Crippen LogP contribution < -0.4 is 0 Å². The molecule has 2 atom stereocenters. The van der Waals surface area contributed by atoms with Crippen LogP contribution in [0.4, 0.5) is 0 Å². The molecule has 0 aliphatic carbocycles. The summed E-state index contributed by atoms with van der Waals surface area (Å²) in [5.41, 5.74) is 0.776. The zero-order chi connectivity index (χ0) is 11.8. The van der Waals surface area contributed by atoms with Crippen molar-refractivity contribution in [2.24, 2.45) is 5.41 Å². The molecule has 3 nitrogen and oxygen atoms in total. The lowest BCUT2D eigenvalue weighted by Crippen LogP contribution is -2.31. The highest BCUT2D eigenvalue weighted by atomic mass is 35.5. The Morgan fingerprint density at radius 2 is 2.00 bits per heavy atom. The summed E-state index contributed by atoms with van der Waals surface area (Å²) >= 11 is 5.83. The Kier molecular flexibility index (Phi) is 3.32. The first-order valence-electron chi connectivity index (χ1n) is 5.01. The van der Waals surface area contributed by atoms with Crippen LogP contribution in [-0.2, 0) is 13.6 Å². The first-order valence-corrected chi connectivity index (χ1v) is 6.49. The molecule has 1 fully saturated rings. The molecule has 1 aromatic carbocycles. The number of hydrogen-bond donors (Lipinski definition) is 0. The van der Waals surface area contributed by atoms with E-state index in [0.29, 0.717) is 11.6 Å². The molecule has 0 saturated carbocycles. The van der Waals surface area contributed by atoms with Gasteiger partial charge in [-0.15, -0.1) is 9.05 Å². The summed E-state index contributed by atoms with van der Waals surface area (Å²) in [5.74, 6) is 0. The van der Waals surface area contributed by atoms with Crippen molar-refractivity contribution in [3.05, 3.63) is 34.9 Å². The van der Waals surface area contributed by atoms with Gasteiger partial charge in [-0.25, -0.2) is 0 Å². The van der Waals surface area contributed by atoms with Gasteiger partial charge in [-0.1, -0.05) is 37.6 Å². The maximum absolute atomic E-state index is 11.3. The molecule has 1 aromatic rings. The second kappa shape index (κ2) is 4.42. The largest absolute Gasteiger partial charge is 0.698 e. The van der Waals surface area contributed by atoms with Gasteiger partial charge in [0.2, 0.25) is 0 Å². The smallest absolute Gasteiger partial charge is 0.118 e. The predicted molar refractivity (Wildman–Crippen MR) is 62.6 cm³/mol. The first-order chi connectivity index (χ1) is 7.49. The van der Waals surface area contributed by atoms with Crippen LogP contribution in [0.1, 0.15) is 25.5 Å². The van der Waals surface area contributed by atoms with Crippen LogP contribution in [0, 0.1) is 5.41 Å². The van der Waals surface area contributed by atoms with Crippen molar-refractivity contribution >= 4 is 19.9 Å². The molecule has 86 valence electrons. The van der Waals surface area contributed by atoms with Crippen LogP contribution in [0.15, 0.2) is 24.3 Å². The van der Waals surface area contributed by atoms with Crippen molar-refractivity contribution in [3.63, 3.8) is 0 Å². The maximum atomic E-state index is 11.3. The molecule has 1 heterocycles. The van der Waals surface area contributed by atoms with Crippen molar-refractivity contribution < 1.29 is 13.6 Å². The summed E-state index contributed by atoms with van der Waals surface area (Å²) in [5, 5.41) is 0.679. The van der Waals surface area contributed by atoms with Gasteiger partial charge in [-0.2, -0.15) is 0 Å². The molecule has 0 bridgehead atoms. The van der Waals surface area contributed by atoms with Gasteiger partial charge < -0.3 is 0 Å². The van der Waals surface area contributed by atoms with E-state index < -0.39 is 8.25 Å². The predicted octanol–water partition coefficient (Wildman–Crippen LogP) is 4.11. The SMILES string of the molecule is CC1(C)CO[P+](=O)OC1c1ccc(Cl)cc1. The van der Waals surface area contributed by atoms with Crippen molar-refractivity contribution in [2.45, 2.75) is 20.0 Å². The number of rotatable bonds is 1. The Bertz CT molecular complexity index is 402. The highest BCUT2D eigenvalue weighted by Gasteiger charge is 2.46. The van der Waals surface area contributed by atoms with Crippen LogP contribution in [0.2, 0.25) is 5.02 Å². The van der Waals surface area contributed by atoms with Gasteiger partial charge >= 0.3 is 8.25 Å². The number of halogens is 1. The van der Waals surface area contributed by atoms with E-state index in [9.17, 15) is 4.57 Å². The molecule has 2 rings (SSSR count). The summed E-state index contributed by atoms with van der Waals surface area (Å²) in [4.78, 5) is 0. The minimum absolute atomic E-state index is 0.197. The van der Waals surface area contributed by atoms with Gasteiger partial charge in [-0.3, -0.25) is 0 Å². The fourth-order valence-electron chi connectivity index (χ4n) is 1.70. The molecular formula is C11H13ClO3P+. The van der Waals surface area contributed by atoms with Gasteiger partial charge in [0.1, 0.15) is 12.7 Å². The first kappa shape index (κ1) is 12.0. The molecule has 5 heteroatoms. The molecule has 0 spiro atoms. The fraction of sp³-hybridized carbons (Fsp3) is 0.455. The molecule has 0 aromatic heterocycles. The lowest BCUT2D eigenvalue weighted by Gasteiger charge is -2.30. The third kappa shape index (κ3) is 2.44. The Hall–Kier alpha value is -0.470. The standard InChI is InChI=1S/C11H13ClO3P/c1-11(2)7-14-16(13)15-10(11)8-3-5-9(12)6-4-8/h3-6,10H,7H2,1-2H3/q+1. The lowest BCUT2D eigenvalue weighted by atomic mass is 9.83. The highest BCUT2D eigenvalue weighted by molar-refractivity contribution is 7.33. The Morgan fingerprint density at radius 3 is 2.62 bits per heavy atom. The van der Waals surface area contributed by atoms with E-state index >= 15 is 0 Å². The summed E-state index contributed by atoms with van der Waals surface area (Å²) in [6, 6.07) is 7.39. The summed E-state index contributed by atoms with van der Waals surface area (Å²) in [7, 11) is -2.00.